The molecule has 0 aliphatic rings. The zero-order valence-corrected chi connectivity index (χ0v) is 12.5. The number of aromatic nitrogens is 2. The van der Waals surface area contributed by atoms with Gasteiger partial charge in [0.05, 0.1) is 11.8 Å². The first-order valence-corrected chi connectivity index (χ1v) is 6.94. The van der Waals surface area contributed by atoms with E-state index in [2.05, 4.69) is 17.3 Å². The molecule has 0 spiro atoms. The number of hydrogen-bond donors (Lipinski definition) is 2. The van der Waals surface area contributed by atoms with Gasteiger partial charge in [0.25, 0.3) is 5.91 Å². The van der Waals surface area contributed by atoms with Crippen molar-refractivity contribution in [1.29, 1.82) is 0 Å². The minimum absolute atomic E-state index is 0.174. The summed E-state index contributed by atoms with van der Waals surface area (Å²) in [6.45, 7) is 8.20. The summed E-state index contributed by atoms with van der Waals surface area (Å²) in [4.78, 5) is 23.2. The van der Waals surface area contributed by atoms with E-state index >= 15 is 0 Å². The first-order chi connectivity index (χ1) is 9.38. The molecular formula is C14H23N3O3. The highest BCUT2D eigenvalue weighted by atomic mass is 16.4. The van der Waals surface area contributed by atoms with Crippen molar-refractivity contribution in [2.24, 2.45) is 5.92 Å². The number of hydrogen-bond acceptors (Lipinski definition) is 3. The first-order valence-electron chi connectivity index (χ1n) is 6.94. The summed E-state index contributed by atoms with van der Waals surface area (Å²) in [6.07, 6.45) is 3.54. The van der Waals surface area contributed by atoms with Crippen molar-refractivity contribution in [2.75, 3.05) is 0 Å². The summed E-state index contributed by atoms with van der Waals surface area (Å²) >= 11 is 0. The Bertz CT molecular complexity index is 480. The second kappa shape index (κ2) is 7.07. The van der Waals surface area contributed by atoms with Crippen molar-refractivity contribution in [3.8, 4) is 0 Å². The Kier molecular flexibility index (Phi) is 5.73. The lowest BCUT2D eigenvalue weighted by atomic mass is 10.0. The molecule has 2 N–H and O–H groups in total. The number of carboxylic acids is 1. The lowest BCUT2D eigenvalue weighted by Crippen LogP contribution is -2.44. The average Bonchev–Trinajstić information content (AvgIpc) is 2.73. The minimum atomic E-state index is -1.02. The highest BCUT2D eigenvalue weighted by molar-refractivity contribution is 5.97. The Labute approximate surface area is 119 Å². The molecule has 0 radical (unpaired) electrons. The van der Waals surface area contributed by atoms with Crippen LogP contribution in [0.15, 0.2) is 6.20 Å². The van der Waals surface area contributed by atoms with Gasteiger partial charge in [-0.05, 0) is 19.3 Å². The zero-order chi connectivity index (χ0) is 15.3. The molecule has 0 aliphatic carbocycles. The maximum absolute atomic E-state index is 12.1. The smallest absolute Gasteiger partial charge is 0.326 e. The summed E-state index contributed by atoms with van der Waals surface area (Å²) in [5.74, 6) is -1.58. The number of nitrogens with zero attached hydrogens (tertiary/aromatic N) is 2. The second-order valence-electron chi connectivity index (χ2n) is 5.25. The largest absolute Gasteiger partial charge is 0.480 e. The maximum Gasteiger partial charge on any atom is 0.326 e. The second-order valence-corrected chi connectivity index (χ2v) is 5.25. The van der Waals surface area contributed by atoms with Gasteiger partial charge in [-0.1, -0.05) is 27.2 Å². The highest BCUT2D eigenvalue weighted by Crippen LogP contribution is 2.10. The van der Waals surface area contributed by atoms with E-state index in [0.717, 1.165) is 25.1 Å². The van der Waals surface area contributed by atoms with Crippen LogP contribution in [0.5, 0.6) is 0 Å². The molecule has 1 aromatic heterocycles. The predicted molar refractivity (Wildman–Crippen MR) is 75.6 cm³/mol. The molecule has 1 amide bonds. The predicted octanol–water partition coefficient (Wildman–Crippen LogP) is 1.83. The van der Waals surface area contributed by atoms with E-state index < -0.39 is 12.0 Å². The molecule has 1 aromatic rings. The van der Waals surface area contributed by atoms with Crippen molar-refractivity contribution in [1.82, 2.24) is 15.1 Å². The minimum Gasteiger partial charge on any atom is -0.480 e. The summed E-state index contributed by atoms with van der Waals surface area (Å²) in [5.41, 5.74) is 1.21. The Balaban J connectivity index is 2.82. The fourth-order valence-electron chi connectivity index (χ4n) is 1.94. The normalized spacial score (nSPS) is 12.4. The third-order valence-electron chi connectivity index (χ3n) is 3.29. The van der Waals surface area contributed by atoms with Crippen molar-refractivity contribution in [3.63, 3.8) is 0 Å². The number of carbonyl (C=O) groups excluding carboxylic acids is 1. The standard InChI is InChI=1S/C14H23N3O3/c1-5-6-7-17-10(4)11(8-15-17)13(18)16-12(9(2)3)14(19)20/h8-9,12H,5-7H2,1-4H3,(H,16,18)(H,19,20)/t12-/m1/s1. The summed E-state index contributed by atoms with van der Waals surface area (Å²) in [5, 5.41) is 15.8. The number of rotatable bonds is 7. The molecule has 0 fully saturated rings. The van der Waals surface area contributed by atoms with E-state index in [-0.39, 0.29) is 11.8 Å². The number of unbranched alkanes of at least 4 members (excludes halogenated alkanes) is 1. The molecule has 0 aromatic carbocycles. The van der Waals surface area contributed by atoms with Crippen LogP contribution in [0, 0.1) is 12.8 Å². The van der Waals surface area contributed by atoms with Crippen molar-refractivity contribution < 1.29 is 14.7 Å². The number of aryl methyl sites for hydroxylation is 1. The number of carbonyl (C=O) groups is 2. The average molecular weight is 281 g/mol. The number of nitrogens with one attached hydrogen (secondary N) is 1. The Morgan fingerprint density at radius 2 is 2.10 bits per heavy atom. The van der Waals surface area contributed by atoms with Crippen molar-refractivity contribution in [3.05, 3.63) is 17.5 Å². The van der Waals surface area contributed by atoms with E-state index in [1.807, 2.05) is 6.92 Å². The molecule has 112 valence electrons. The number of amides is 1. The molecule has 1 rings (SSSR count). The van der Waals surface area contributed by atoms with Gasteiger partial charge in [-0.25, -0.2) is 4.79 Å². The van der Waals surface area contributed by atoms with Gasteiger partial charge in [0.15, 0.2) is 0 Å². The van der Waals surface area contributed by atoms with Gasteiger partial charge in [-0.3, -0.25) is 9.48 Å². The molecule has 20 heavy (non-hydrogen) atoms. The van der Waals surface area contributed by atoms with Crippen molar-refractivity contribution >= 4 is 11.9 Å². The zero-order valence-electron chi connectivity index (χ0n) is 12.5. The molecule has 6 nitrogen and oxygen atoms in total. The van der Waals surface area contributed by atoms with Crippen LogP contribution in [-0.4, -0.2) is 32.8 Å². The molecule has 0 saturated carbocycles. The van der Waals surface area contributed by atoms with Gasteiger partial charge in [-0.15, -0.1) is 0 Å². The molecule has 1 heterocycles. The van der Waals surface area contributed by atoms with E-state index in [9.17, 15) is 9.59 Å². The van der Waals surface area contributed by atoms with Crippen molar-refractivity contribution in [2.45, 2.75) is 53.1 Å². The van der Waals surface area contributed by atoms with E-state index in [0.29, 0.717) is 5.56 Å². The Morgan fingerprint density at radius 3 is 2.60 bits per heavy atom. The van der Waals surface area contributed by atoms with E-state index in [1.165, 1.54) is 6.20 Å². The molecule has 0 bridgehead atoms. The molecule has 1 atom stereocenters. The number of aliphatic carboxylic acids is 1. The Hall–Kier alpha value is -1.85. The fraction of sp³-hybridized carbons (Fsp3) is 0.643. The van der Waals surface area contributed by atoms with Crippen LogP contribution >= 0.6 is 0 Å². The molecule has 0 unspecified atom stereocenters. The Morgan fingerprint density at radius 1 is 1.45 bits per heavy atom. The van der Waals surface area contributed by atoms with Gasteiger partial charge in [0.1, 0.15) is 6.04 Å². The SMILES string of the molecule is CCCCn1ncc(C(=O)N[C@@H](C(=O)O)C(C)C)c1C. The number of carboxylic acid groups (broad SMARTS) is 1. The highest BCUT2D eigenvalue weighted by Gasteiger charge is 2.25. The fourth-order valence-corrected chi connectivity index (χ4v) is 1.94. The molecule has 0 saturated heterocycles. The quantitative estimate of drug-likeness (QED) is 0.798. The monoisotopic (exact) mass is 281 g/mol. The molecular weight excluding hydrogens is 258 g/mol. The lowest BCUT2D eigenvalue weighted by Gasteiger charge is -2.17. The lowest BCUT2D eigenvalue weighted by molar-refractivity contribution is -0.140. The van der Waals surface area contributed by atoms with Gasteiger partial charge in [0, 0.05) is 12.2 Å². The van der Waals surface area contributed by atoms with Crippen LogP contribution < -0.4 is 5.32 Å². The summed E-state index contributed by atoms with van der Waals surface area (Å²) in [7, 11) is 0. The molecule has 6 heteroatoms. The van der Waals surface area contributed by atoms with Gasteiger partial charge >= 0.3 is 5.97 Å². The van der Waals surface area contributed by atoms with E-state index in [4.69, 9.17) is 5.11 Å². The third kappa shape index (κ3) is 3.82. The van der Waals surface area contributed by atoms with Crippen LogP contribution in [0.3, 0.4) is 0 Å². The maximum atomic E-state index is 12.1. The summed E-state index contributed by atoms with van der Waals surface area (Å²) < 4.78 is 1.78. The van der Waals surface area contributed by atoms with Crippen LogP contribution in [0.4, 0.5) is 0 Å². The van der Waals surface area contributed by atoms with Crippen LogP contribution in [0.1, 0.15) is 49.7 Å². The topological polar surface area (TPSA) is 84.2 Å². The van der Waals surface area contributed by atoms with Gasteiger partial charge < -0.3 is 10.4 Å². The third-order valence-corrected chi connectivity index (χ3v) is 3.29. The van der Waals surface area contributed by atoms with E-state index in [1.54, 1.807) is 18.5 Å². The van der Waals surface area contributed by atoms with Crippen LogP contribution in [0.2, 0.25) is 0 Å². The van der Waals surface area contributed by atoms with Crippen LogP contribution in [0.25, 0.3) is 0 Å². The van der Waals surface area contributed by atoms with Crippen LogP contribution in [-0.2, 0) is 11.3 Å². The molecule has 0 aliphatic heterocycles. The summed E-state index contributed by atoms with van der Waals surface area (Å²) in [6, 6.07) is -0.888. The van der Waals surface area contributed by atoms with Gasteiger partial charge in [0.2, 0.25) is 0 Å². The first kappa shape index (κ1) is 16.2. The van der Waals surface area contributed by atoms with Gasteiger partial charge in [-0.2, -0.15) is 5.10 Å².